The van der Waals surface area contributed by atoms with Gasteiger partial charge in [-0.25, -0.2) is 0 Å². The summed E-state index contributed by atoms with van der Waals surface area (Å²) in [7, 11) is 0. The smallest absolute Gasteiger partial charge is 0.0889 e. The van der Waals surface area contributed by atoms with E-state index < -0.39 is 0 Å². The standard InChI is InChI=1S/C13H27N3O2/c17-10-4-13(15-6-2-1-3-7-15)12-14-5-8-16(13)9-11-18/h14,17-18H,1-12H2. The van der Waals surface area contributed by atoms with Crippen LogP contribution >= 0.6 is 0 Å². The Bertz CT molecular complexity index is 228. The minimum Gasteiger partial charge on any atom is -0.396 e. The normalized spacial score (nSPS) is 31.7. The van der Waals surface area contributed by atoms with Gasteiger partial charge in [-0.05, 0) is 25.9 Å². The molecule has 0 aromatic heterocycles. The Morgan fingerprint density at radius 1 is 1.00 bits per heavy atom. The summed E-state index contributed by atoms with van der Waals surface area (Å²) < 4.78 is 0. The Morgan fingerprint density at radius 3 is 2.44 bits per heavy atom. The topological polar surface area (TPSA) is 59.0 Å². The lowest BCUT2D eigenvalue weighted by Gasteiger charge is -2.54. The number of likely N-dealkylation sites (tertiary alicyclic amines) is 1. The third-order valence-electron chi connectivity index (χ3n) is 4.38. The fourth-order valence-corrected chi connectivity index (χ4v) is 3.47. The van der Waals surface area contributed by atoms with Crippen LogP contribution in [0.2, 0.25) is 0 Å². The molecule has 2 rings (SSSR count). The highest BCUT2D eigenvalue weighted by Gasteiger charge is 2.43. The summed E-state index contributed by atoms with van der Waals surface area (Å²) in [6, 6.07) is 0. The van der Waals surface area contributed by atoms with Crippen molar-refractivity contribution in [2.75, 3.05) is 52.5 Å². The van der Waals surface area contributed by atoms with Crippen LogP contribution in [0.5, 0.6) is 0 Å². The zero-order valence-corrected chi connectivity index (χ0v) is 11.3. The number of piperidine rings is 1. The van der Waals surface area contributed by atoms with Crippen molar-refractivity contribution in [3.63, 3.8) is 0 Å². The van der Waals surface area contributed by atoms with Crippen LogP contribution in [-0.2, 0) is 0 Å². The zero-order chi connectivity index (χ0) is 12.8. The van der Waals surface area contributed by atoms with Crippen LogP contribution in [0.25, 0.3) is 0 Å². The van der Waals surface area contributed by atoms with Crippen molar-refractivity contribution in [1.29, 1.82) is 0 Å². The first kappa shape index (κ1) is 14.2. The molecule has 2 fully saturated rings. The summed E-state index contributed by atoms with van der Waals surface area (Å²) in [6.45, 7) is 6.16. The maximum atomic E-state index is 9.46. The number of β-amino-alcohol motifs (C(OH)–C–C–N with tert-alkyl or cyclic N) is 1. The summed E-state index contributed by atoms with van der Waals surface area (Å²) in [5.74, 6) is 0. The second-order valence-electron chi connectivity index (χ2n) is 5.39. The van der Waals surface area contributed by atoms with E-state index in [4.69, 9.17) is 0 Å². The molecule has 1 atom stereocenters. The number of piperazine rings is 1. The molecule has 2 aliphatic heterocycles. The average Bonchev–Trinajstić information content (AvgIpc) is 2.43. The molecule has 0 aromatic rings. The number of aliphatic hydroxyl groups excluding tert-OH is 2. The van der Waals surface area contributed by atoms with Gasteiger partial charge in [-0.15, -0.1) is 0 Å². The first-order valence-corrected chi connectivity index (χ1v) is 7.26. The van der Waals surface area contributed by atoms with E-state index in [0.29, 0.717) is 6.54 Å². The molecule has 5 heteroatoms. The summed E-state index contributed by atoms with van der Waals surface area (Å²) in [4.78, 5) is 4.89. The largest absolute Gasteiger partial charge is 0.396 e. The lowest BCUT2D eigenvalue weighted by atomic mass is 9.95. The first-order valence-electron chi connectivity index (χ1n) is 7.26. The predicted molar refractivity (Wildman–Crippen MR) is 71.4 cm³/mol. The molecular weight excluding hydrogens is 230 g/mol. The maximum absolute atomic E-state index is 9.46. The number of rotatable bonds is 5. The molecule has 3 N–H and O–H groups in total. The second-order valence-corrected chi connectivity index (χ2v) is 5.39. The van der Waals surface area contributed by atoms with Crippen LogP contribution in [0, 0.1) is 0 Å². The highest BCUT2D eigenvalue weighted by molar-refractivity contribution is 4.96. The van der Waals surface area contributed by atoms with E-state index in [-0.39, 0.29) is 18.9 Å². The molecule has 0 bridgehead atoms. The number of hydrogen-bond acceptors (Lipinski definition) is 5. The SMILES string of the molecule is OCCN1CCNCC1(CCO)N1CCCCC1. The first-order chi connectivity index (χ1) is 8.83. The van der Waals surface area contributed by atoms with Crippen molar-refractivity contribution in [2.24, 2.45) is 0 Å². The van der Waals surface area contributed by atoms with E-state index in [9.17, 15) is 10.2 Å². The number of hydrogen-bond donors (Lipinski definition) is 3. The van der Waals surface area contributed by atoms with Gasteiger partial charge in [0.15, 0.2) is 0 Å². The quantitative estimate of drug-likeness (QED) is 0.617. The number of nitrogens with one attached hydrogen (secondary N) is 1. The minimum atomic E-state index is -0.0872. The number of nitrogens with zero attached hydrogens (tertiary/aromatic N) is 2. The average molecular weight is 257 g/mol. The minimum absolute atomic E-state index is 0.0872. The van der Waals surface area contributed by atoms with Crippen molar-refractivity contribution in [3.8, 4) is 0 Å². The summed E-state index contributed by atoms with van der Waals surface area (Å²) in [6.07, 6.45) is 4.58. The van der Waals surface area contributed by atoms with Gasteiger partial charge in [0.05, 0.1) is 12.3 Å². The van der Waals surface area contributed by atoms with E-state index in [1.54, 1.807) is 0 Å². The molecule has 2 saturated heterocycles. The third kappa shape index (κ3) is 2.86. The molecule has 0 aliphatic carbocycles. The molecule has 18 heavy (non-hydrogen) atoms. The maximum Gasteiger partial charge on any atom is 0.0889 e. The molecule has 0 saturated carbocycles. The molecule has 0 radical (unpaired) electrons. The highest BCUT2D eigenvalue weighted by atomic mass is 16.3. The summed E-state index contributed by atoms with van der Waals surface area (Å²) in [5, 5.41) is 22.2. The molecule has 5 nitrogen and oxygen atoms in total. The zero-order valence-electron chi connectivity index (χ0n) is 11.3. The molecule has 0 aromatic carbocycles. The molecular formula is C13H27N3O2. The Balaban J connectivity index is 2.14. The van der Waals surface area contributed by atoms with E-state index in [1.165, 1.54) is 19.3 Å². The van der Waals surface area contributed by atoms with Gasteiger partial charge in [-0.3, -0.25) is 9.80 Å². The Morgan fingerprint density at radius 2 is 1.78 bits per heavy atom. The van der Waals surface area contributed by atoms with Crippen molar-refractivity contribution >= 4 is 0 Å². The Hall–Kier alpha value is -0.200. The fraction of sp³-hybridized carbons (Fsp3) is 1.00. The van der Waals surface area contributed by atoms with Gasteiger partial charge in [-0.2, -0.15) is 0 Å². The van der Waals surface area contributed by atoms with Crippen LogP contribution in [-0.4, -0.2) is 78.2 Å². The van der Waals surface area contributed by atoms with Gasteiger partial charge in [0.25, 0.3) is 0 Å². The van der Waals surface area contributed by atoms with Gasteiger partial charge in [-0.1, -0.05) is 6.42 Å². The third-order valence-corrected chi connectivity index (χ3v) is 4.38. The molecule has 106 valence electrons. The fourth-order valence-electron chi connectivity index (χ4n) is 3.47. The molecule has 1 unspecified atom stereocenters. The van der Waals surface area contributed by atoms with Crippen molar-refractivity contribution in [1.82, 2.24) is 15.1 Å². The lowest BCUT2D eigenvalue weighted by Crippen LogP contribution is -2.70. The molecule has 2 aliphatic rings. The van der Waals surface area contributed by atoms with E-state index in [1.807, 2.05) is 0 Å². The van der Waals surface area contributed by atoms with Gasteiger partial charge in [0.1, 0.15) is 0 Å². The van der Waals surface area contributed by atoms with E-state index in [0.717, 1.165) is 39.1 Å². The monoisotopic (exact) mass is 257 g/mol. The summed E-state index contributed by atoms with van der Waals surface area (Å²) in [5.41, 5.74) is -0.0872. The van der Waals surface area contributed by atoms with E-state index >= 15 is 0 Å². The Labute approximate surface area is 110 Å². The van der Waals surface area contributed by atoms with Crippen LogP contribution in [0.3, 0.4) is 0 Å². The predicted octanol–water partition coefficient (Wildman–Crippen LogP) is -0.551. The summed E-state index contributed by atoms with van der Waals surface area (Å²) >= 11 is 0. The lowest BCUT2D eigenvalue weighted by molar-refractivity contribution is -0.0989. The van der Waals surface area contributed by atoms with Gasteiger partial charge < -0.3 is 15.5 Å². The van der Waals surface area contributed by atoms with Crippen LogP contribution in [0.1, 0.15) is 25.7 Å². The van der Waals surface area contributed by atoms with Crippen molar-refractivity contribution in [3.05, 3.63) is 0 Å². The molecule has 0 amide bonds. The molecule has 2 heterocycles. The van der Waals surface area contributed by atoms with Crippen LogP contribution in [0.15, 0.2) is 0 Å². The number of aliphatic hydroxyl groups is 2. The van der Waals surface area contributed by atoms with E-state index in [2.05, 4.69) is 15.1 Å². The van der Waals surface area contributed by atoms with Crippen LogP contribution in [0.4, 0.5) is 0 Å². The van der Waals surface area contributed by atoms with Crippen LogP contribution < -0.4 is 5.32 Å². The molecule has 0 spiro atoms. The Kier molecular flexibility index (Phi) is 5.38. The van der Waals surface area contributed by atoms with Gasteiger partial charge >= 0.3 is 0 Å². The van der Waals surface area contributed by atoms with Crippen molar-refractivity contribution in [2.45, 2.75) is 31.3 Å². The van der Waals surface area contributed by atoms with Crippen molar-refractivity contribution < 1.29 is 10.2 Å². The second kappa shape index (κ2) is 6.82. The van der Waals surface area contributed by atoms with Gasteiger partial charge in [0, 0.05) is 39.2 Å². The van der Waals surface area contributed by atoms with Gasteiger partial charge in [0.2, 0.25) is 0 Å². The highest BCUT2D eigenvalue weighted by Crippen LogP contribution is 2.29.